The summed E-state index contributed by atoms with van der Waals surface area (Å²) < 4.78 is 0. The maximum Gasteiger partial charge on any atom is 0.251 e. The Morgan fingerprint density at radius 3 is 2.06 bits per heavy atom. The first-order valence-corrected chi connectivity index (χ1v) is 10.8. The second-order valence-electron chi connectivity index (χ2n) is 7.77. The minimum atomic E-state index is -0.268. The molecule has 0 bridgehead atoms. The number of benzene rings is 3. The summed E-state index contributed by atoms with van der Waals surface area (Å²) >= 11 is 0. The maximum atomic E-state index is 12.4. The fourth-order valence-electron chi connectivity index (χ4n) is 3.82. The third-order valence-electron chi connectivity index (χ3n) is 5.54. The molecule has 5 heteroatoms. The van der Waals surface area contributed by atoms with Crippen LogP contribution in [0.5, 0.6) is 0 Å². The molecular weight excluding hydrogens is 386 g/mol. The van der Waals surface area contributed by atoms with Gasteiger partial charge in [0.25, 0.3) is 5.91 Å². The van der Waals surface area contributed by atoms with E-state index in [0.717, 1.165) is 29.9 Å². The maximum absolute atomic E-state index is 12.4. The van der Waals surface area contributed by atoms with E-state index in [2.05, 4.69) is 15.5 Å². The standard InChI is InChI=1S/C26H27N3O2/c30-25(28-23-13-15-24(16-14-23)29-17-5-2-6-18-29)19-27-26(31)22-11-9-21(10-12-22)20-7-3-1-4-8-20/h1,3-4,7-16H,2,5-6,17-19H2,(H,27,31)(H,28,30). The van der Waals surface area contributed by atoms with Crippen LogP contribution >= 0.6 is 0 Å². The summed E-state index contributed by atoms with van der Waals surface area (Å²) in [4.78, 5) is 27.0. The Kier molecular flexibility index (Phi) is 6.62. The molecule has 0 unspecified atom stereocenters. The molecular formula is C26H27N3O2. The minimum Gasteiger partial charge on any atom is -0.372 e. The van der Waals surface area contributed by atoms with Crippen molar-refractivity contribution in [3.63, 3.8) is 0 Å². The fourth-order valence-corrected chi connectivity index (χ4v) is 3.82. The first-order valence-electron chi connectivity index (χ1n) is 10.8. The number of piperidine rings is 1. The number of nitrogens with zero attached hydrogens (tertiary/aromatic N) is 1. The zero-order chi connectivity index (χ0) is 21.5. The second-order valence-corrected chi connectivity index (χ2v) is 7.77. The highest BCUT2D eigenvalue weighted by Gasteiger charge is 2.12. The Morgan fingerprint density at radius 2 is 1.39 bits per heavy atom. The van der Waals surface area contributed by atoms with Crippen molar-refractivity contribution in [1.29, 1.82) is 0 Å². The lowest BCUT2D eigenvalue weighted by Gasteiger charge is -2.28. The van der Waals surface area contributed by atoms with Crippen molar-refractivity contribution in [3.8, 4) is 11.1 Å². The molecule has 0 aliphatic carbocycles. The first kappa shape index (κ1) is 20.7. The van der Waals surface area contributed by atoms with Crippen molar-refractivity contribution >= 4 is 23.2 Å². The number of carbonyl (C=O) groups is 2. The highest BCUT2D eigenvalue weighted by Crippen LogP contribution is 2.22. The van der Waals surface area contributed by atoms with Gasteiger partial charge in [-0.1, -0.05) is 42.5 Å². The molecule has 0 saturated carbocycles. The molecule has 1 fully saturated rings. The number of nitrogens with one attached hydrogen (secondary N) is 2. The van der Waals surface area contributed by atoms with Crippen molar-refractivity contribution in [2.75, 3.05) is 29.9 Å². The van der Waals surface area contributed by atoms with Crippen molar-refractivity contribution in [3.05, 3.63) is 84.4 Å². The number of amides is 2. The molecule has 3 aromatic rings. The topological polar surface area (TPSA) is 61.4 Å². The lowest BCUT2D eigenvalue weighted by Crippen LogP contribution is -2.32. The summed E-state index contributed by atoms with van der Waals surface area (Å²) in [5.74, 6) is -0.518. The van der Waals surface area contributed by atoms with Crippen LogP contribution in [-0.2, 0) is 4.79 Å². The van der Waals surface area contributed by atoms with E-state index in [4.69, 9.17) is 0 Å². The lowest BCUT2D eigenvalue weighted by molar-refractivity contribution is -0.115. The Balaban J connectivity index is 1.27. The smallest absolute Gasteiger partial charge is 0.251 e. The summed E-state index contributed by atoms with van der Waals surface area (Å²) in [6.45, 7) is 2.10. The highest BCUT2D eigenvalue weighted by molar-refractivity contribution is 5.99. The van der Waals surface area contributed by atoms with Gasteiger partial charge >= 0.3 is 0 Å². The summed E-state index contributed by atoms with van der Waals surface area (Å²) in [7, 11) is 0. The van der Waals surface area contributed by atoms with Gasteiger partial charge in [-0.25, -0.2) is 0 Å². The molecule has 4 rings (SSSR count). The number of hydrogen-bond acceptors (Lipinski definition) is 3. The normalized spacial score (nSPS) is 13.5. The Morgan fingerprint density at radius 1 is 0.742 bits per heavy atom. The fraction of sp³-hybridized carbons (Fsp3) is 0.231. The molecule has 2 N–H and O–H groups in total. The molecule has 0 radical (unpaired) electrons. The SMILES string of the molecule is O=C(CNC(=O)c1ccc(-c2ccccc2)cc1)Nc1ccc(N2CCCCC2)cc1. The quantitative estimate of drug-likeness (QED) is 0.615. The molecule has 1 aliphatic rings. The van der Waals surface area contributed by atoms with Crippen molar-refractivity contribution in [2.24, 2.45) is 0 Å². The molecule has 1 heterocycles. The van der Waals surface area contributed by atoms with Crippen LogP contribution in [0, 0.1) is 0 Å². The van der Waals surface area contributed by atoms with Gasteiger partial charge in [0, 0.05) is 30.0 Å². The summed E-state index contributed by atoms with van der Waals surface area (Å²) in [6, 6.07) is 25.2. The van der Waals surface area contributed by atoms with Gasteiger partial charge < -0.3 is 15.5 Å². The van der Waals surface area contributed by atoms with Crippen molar-refractivity contribution in [2.45, 2.75) is 19.3 Å². The lowest BCUT2D eigenvalue weighted by atomic mass is 10.0. The van der Waals surface area contributed by atoms with Gasteiger partial charge in [0.2, 0.25) is 5.91 Å². The zero-order valence-electron chi connectivity index (χ0n) is 17.5. The van der Waals surface area contributed by atoms with E-state index in [0.29, 0.717) is 5.56 Å². The van der Waals surface area contributed by atoms with Crippen molar-refractivity contribution < 1.29 is 9.59 Å². The molecule has 0 atom stereocenters. The molecule has 2 amide bonds. The molecule has 5 nitrogen and oxygen atoms in total. The third kappa shape index (κ3) is 5.51. The molecule has 0 aromatic heterocycles. The predicted octanol–water partition coefficient (Wildman–Crippen LogP) is 4.71. The molecule has 158 valence electrons. The van der Waals surface area contributed by atoms with E-state index in [-0.39, 0.29) is 18.4 Å². The summed E-state index contributed by atoms with van der Waals surface area (Å²) in [5, 5.41) is 5.52. The molecule has 1 aliphatic heterocycles. The molecule has 0 spiro atoms. The minimum absolute atomic E-state index is 0.0762. The van der Waals surface area contributed by atoms with Crippen LogP contribution in [0.15, 0.2) is 78.9 Å². The summed E-state index contributed by atoms with van der Waals surface area (Å²) in [5.41, 5.74) is 4.58. The van der Waals surface area contributed by atoms with E-state index in [9.17, 15) is 9.59 Å². The van der Waals surface area contributed by atoms with Crippen LogP contribution in [0.25, 0.3) is 11.1 Å². The predicted molar refractivity (Wildman–Crippen MR) is 125 cm³/mol. The average Bonchev–Trinajstić information content (AvgIpc) is 2.84. The van der Waals surface area contributed by atoms with E-state index < -0.39 is 0 Å². The first-order chi connectivity index (χ1) is 15.2. The van der Waals surface area contributed by atoms with Gasteiger partial charge in [0.1, 0.15) is 0 Å². The van der Waals surface area contributed by atoms with E-state index in [1.54, 1.807) is 12.1 Å². The van der Waals surface area contributed by atoms with E-state index in [1.165, 1.54) is 24.9 Å². The Bertz CT molecular complexity index is 1010. The largest absolute Gasteiger partial charge is 0.372 e. The van der Waals surface area contributed by atoms with Crippen LogP contribution in [-0.4, -0.2) is 31.4 Å². The van der Waals surface area contributed by atoms with E-state index in [1.807, 2.05) is 66.7 Å². The van der Waals surface area contributed by atoms with Crippen LogP contribution in [0.2, 0.25) is 0 Å². The van der Waals surface area contributed by atoms with Crippen LogP contribution in [0.3, 0.4) is 0 Å². The van der Waals surface area contributed by atoms with E-state index >= 15 is 0 Å². The van der Waals surface area contributed by atoms with Gasteiger partial charge in [-0.2, -0.15) is 0 Å². The number of carbonyl (C=O) groups excluding carboxylic acids is 2. The highest BCUT2D eigenvalue weighted by atomic mass is 16.2. The molecule has 1 saturated heterocycles. The van der Waals surface area contributed by atoms with Gasteiger partial charge in [-0.05, 0) is 66.8 Å². The number of hydrogen-bond donors (Lipinski definition) is 2. The monoisotopic (exact) mass is 413 g/mol. The summed E-state index contributed by atoms with van der Waals surface area (Å²) in [6.07, 6.45) is 3.76. The van der Waals surface area contributed by atoms with Crippen LogP contribution < -0.4 is 15.5 Å². The second kappa shape index (κ2) is 9.94. The molecule has 31 heavy (non-hydrogen) atoms. The third-order valence-corrected chi connectivity index (χ3v) is 5.54. The van der Waals surface area contributed by atoms with Gasteiger partial charge in [-0.15, -0.1) is 0 Å². The van der Waals surface area contributed by atoms with Crippen LogP contribution in [0.4, 0.5) is 11.4 Å². The Hall–Kier alpha value is -3.60. The zero-order valence-corrected chi connectivity index (χ0v) is 17.5. The van der Waals surface area contributed by atoms with Gasteiger partial charge in [-0.3, -0.25) is 9.59 Å². The Labute approximate surface area is 183 Å². The van der Waals surface area contributed by atoms with Crippen molar-refractivity contribution in [1.82, 2.24) is 5.32 Å². The van der Waals surface area contributed by atoms with Crippen LogP contribution in [0.1, 0.15) is 29.6 Å². The van der Waals surface area contributed by atoms with Gasteiger partial charge in [0.05, 0.1) is 6.54 Å². The number of rotatable bonds is 6. The molecule has 3 aromatic carbocycles. The number of anilines is 2. The van der Waals surface area contributed by atoms with Gasteiger partial charge in [0.15, 0.2) is 0 Å². The average molecular weight is 414 g/mol.